The number of hydrogen-bond acceptors (Lipinski definition) is 3. The summed E-state index contributed by atoms with van der Waals surface area (Å²) in [7, 11) is 0. The van der Waals surface area contributed by atoms with Gasteiger partial charge in [0.05, 0.1) is 25.9 Å². The summed E-state index contributed by atoms with van der Waals surface area (Å²) in [6.07, 6.45) is 1.05. The van der Waals surface area contributed by atoms with Crippen LogP contribution < -0.4 is 4.90 Å². The van der Waals surface area contributed by atoms with Crippen LogP contribution in [0, 0.1) is 0 Å². The molecule has 2 rings (SSSR count). The molecule has 1 aromatic carbocycles. The van der Waals surface area contributed by atoms with Gasteiger partial charge in [-0.2, -0.15) is 0 Å². The van der Waals surface area contributed by atoms with Gasteiger partial charge in [0, 0.05) is 22.3 Å². The number of benzene rings is 1. The zero-order valence-corrected chi connectivity index (χ0v) is 11.6. The highest BCUT2D eigenvalue weighted by atomic mass is 79.9. The number of morpholine rings is 1. The molecular formula is C13H18BrNO2. The average Bonchev–Trinajstić information content (AvgIpc) is 2.38. The van der Waals surface area contributed by atoms with Crippen LogP contribution >= 0.6 is 15.9 Å². The van der Waals surface area contributed by atoms with Gasteiger partial charge in [-0.3, -0.25) is 0 Å². The van der Waals surface area contributed by atoms with Crippen molar-refractivity contribution in [3.8, 4) is 0 Å². The Morgan fingerprint density at radius 1 is 1.53 bits per heavy atom. The molecule has 1 unspecified atom stereocenters. The van der Waals surface area contributed by atoms with Crippen LogP contribution in [0.1, 0.15) is 18.9 Å². The van der Waals surface area contributed by atoms with Crippen molar-refractivity contribution in [1.29, 1.82) is 0 Å². The third-order valence-electron chi connectivity index (χ3n) is 3.23. The normalized spacial score (nSPS) is 20.6. The van der Waals surface area contributed by atoms with Gasteiger partial charge in [0.1, 0.15) is 0 Å². The van der Waals surface area contributed by atoms with Crippen molar-refractivity contribution < 1.29 is 9.84 Å². The molecule has 1 saturated heterocycles. The second kappa shape index (κ2) is 5.85. The van der Waals surface area contributed by atoms with Gasteiger partial charge in [-0.1, -0.05) is 28.9 Å². The summed E-state index contributed by atoms with van der Waals surface area (Å²) < 4.78 is 6.56. The van der Waals surface area contributed by atoms with Gasteiger partial charge in [0.15, 0.2) is 0 Å². The second-order valence-corrected chi connectivity index (χ2v) is 5.18. The Bertz CT molecular complexity index is 384. The molecule has 1 fully saturated rings. The van der Waals surface area contributed by atoms with Gasteiger partial charge in [0.25, 0.3) is 0 Å². The molecular weight excluding hydrogens is 282 g/mol. The van der Waals surface area contributed by atoms with Crippen molar-refractivity contribution in [3.63, 3.8) is 0 Å². The van der Waals surface area contributed by atoms with Gasteiger partial charge >= 0.3 is 0 Å². The van der Waals surface area contributed by atoms with Crippen LogP contribution in [-0.2, 0) is 11.3 Å². The maximum atomic E-state index is 9.43. The van der Waals surface area contributed by atoms with Crippen molar-refractivity contribution in [2.75, 3.05) is 24.7 Å². The summed E-state index contributed by atoms with van der Waals surface area (Å²) in [5.41, 5.74) is 2.10. The van der Waals surface area contributed by atoms with Gasteiger partial charge in [-0.05, 0) is 18.6 Å². The third kappa shape index (κ3) is 2.81. The molecule has 1 N–H and O–H groups in total. The monoisotopic (exact) mass is 299 g/mol. The number of anilines is 1. The van der Waals surface area contributed by atoms with E-state index in [-0.39, 0.29) is 6.61 Å². The zero-order chi connectivity index (χ0) is 12.3. The summed E-state index contributed by atoms with van der Waals surface area (Å²) in [5, 5.41) is 9.43. The van der Waals surface area contributed by atoms with Crippen molar-refractivity contribution in [3.05, 3.63) is 28.2 Å². The number of hydrogen-bond donors (Lipinski definition) is 1. The Hall–Kier alpha value is -0.580. The maximum Gasteiger partial charge on any atom is 0.0702 e. The fraction of sp³-hybridized carbons (Fsp3) is 0.538. The summed E-state index contributed by atoms with van der Waals surface area (Å²) in [6, 6.07) is 6.43. The van der Waals surface area contributed by atoms with Crippen LogP contribution in [0.15, 0.2) is 22.7 Å². The minimum atomic E-state index is 0.0798. The van der Waals surface area contributed by atoms with Crippen LogP contribution in [0.3, 0.4) is 0 Å². The van der Waals surface area contributed by atoms with E-state index in [0.29, 0.717) is 6.04 Å². The quantitative estimate of drug-likeness (QED) is 0.931. The number of nitrogens with zero attached hydrogens (tertiary/aromatic N) is 1. The molecule has 3 nitrogen and oxygen atoms in total. The molecule has 4 heteroatoms. The average molecular weight is 300 g/mol. The van der Waals surface area contributed by atoms with E-state index in [4.69, 9.17) is 4.74 Å². The van der Waals surface area contributed by atoms with E-state index >= 15 is 0 Å². The van der Waals surface area contributed by atoms with Crippen molar-refractivity contribution >= 4 is 21.6 Å². The molecule has 0 aliphatic carbocycles. The fourth-order valence-corrected chi connectivity index (χ4v) is 2.60. The van der Waals surface area contributed by atoms with Crippen LogP contribution in [-0.4, -0.2) is 30.9 Å². The van der Waals surface area contributed by atoms with E-state index in [9.17, 15) is 5.11 Å². The lowest BCUT2D eigenvalue weighted by molar-refractivity contribution is 0.0927. The Labute approximate surface area is 111 Å². The Morgan fingerprint density at radius 2 is 2.35 bits per heavy atom. The molecule has 1 aromatic rings. The van der Waals surface area contributed by atoms with E-state index in [2.05, 4.69) is 33.8 Å². The highest BCUT2D eigenvalue weighted by Crippen LogP contribution is 2.28. The standard InChI is InChI=1S/C13H18BrNO2/c1-2-12-9-17-6-5-15(12)13-7-11(14)4-3-10(13)8-16/h3-4,7,12,16H,2,5-6,8-9H2,1H3. The van der Waals surface area contributed by atoms with E-state index in [0.717, 1.165) is 41.9 Å². The minimum absolute atomic E-state index is 0.0798. The first-order valence-corrected chi connectivity index (χ1v) is 6.79. The Morgan fingerprint density at radius 3 is 3.06 bits per heavy atom. The van der Waals surface area contributed by atoms with Gasteiger partial charge in [0.2, 0.25) is 0 Å². The minimum Gasteiger partial charge on any atom is -0.392 e. The van der Waals surface area contributed by atoms with Crippen molar-refractivity contribution in [1.82, 2.24) is 0 Å². The summed E-state index contributed by atoms with van der Waals surface area (Å²) in [6.45, 7) is 4.67. The van der Waals surface area contributed by atoms with Crippen molar-refractivity contribution in [2.24, 2.45) is 0 Å². The van der Waals surface area contributed by atoms with E-state index in [1.54, 1.807) is 0 Å². The Kier molecular flexibility index (Phi) is 4.42. The first kappa shape index (κ1) is 12.9. The first-order chi connectivity index (χ1) is 8.26. The third-order valence-corrected chi connectivity index (χ3v) is 3.72. The number of ether oxygens (including phenoxy) is 1. The maximum absolute atomic E-state index is 9.43. The summed E-state index contributed by atoms with van der Waals surface area (Å²) >= 11 is 3.49. The molecule has 0 saturated carbocycles. The predicted octanol–water partition coefficient (Wildman–Crippen LogP) is 2.56. The molecule has 17 heavy (non-hydrogen) atoms. The van der Waals surface area contributed by atoms with Crippen LogP contribution in [0.5, 0.6) is 0 Å². The second-order valence-electron chi connectivity index (χ2n) is 4.26. The number of aliphatic hydroxyl groups is 1. The topological polar surface area (TPSA) is 32.7 Å². The summed E-state index contributed by atoms with van der Waals surface area (Å²) in [5.74, 6) is 0. The van der Waals surface area contributed by atoms with E-state index in [1.165, 1.54) is 0 Å². The lowest BCUT2D eigenvalue weighted by Gasteiger charge is -2.38. The largest absolute Gasteiger partial charge is 0.392 e. The van der Waals surface area contributed by atoms with Crippen LogP contribution in [0.25, 0.3) is 0 Å². The SMILES string of the molecule is CCC1COCCN1c1cc(Br)ccc1CO. The molecule has 1 heterocycles. The van der Waals surface area contributed by atoms with Gasteiger partial charge in [-0.25, -0.2) is 0 Å². The molecule has 1 aliphatic rings. The van der Waals surface area contributed by atoms with E-state index in [1.807, 2.05) is 12.1 Å². The lowest BCUT2D eigenvalue weighted by atomic mass is 10.1. The molecule has 1 aliphatic heterocycles. The fourth-order valence-electron chi connectivity index (χ4n) is 2.25. The number of rotatable bonds is 3. The lowest BCUT2D eigenvalue weighted by Crippen LogP contribution is -2.45. The zero-order valence-electron chi connectivity index (χ0n) is 10.0. The smallest absolute Gasteiger partial charge is 0.0702 e. The van der Waals surface area contributed by atoms with Crippen molar-refractivity contribution in [2.45, 2.75) is 26.0 Å². The number of halogens is 1. The first-order valence-electron chi connectivity index (χ1n) is 6.00. The Balaban J connectivity index is 2.33. The molecule has 0 amide bonds. The summed E-state index contributed by atoms with van der Waals surface area (Å²) in [4.78, 5) is 2.35. The molecule has 0 bridgehead atoms. The highest BCUT2D eigenvalue weighted by molar-refractivity contribution is 9.10. The molecule has 94 valence electrons. The molecule has 0 aromatic heterocycles. The van der Waals surface area contributed by atoms with E-state index < -0.39 is 0 Å². The highest BCUT2D eigenvalue weighted by Gasteiger charge is 2.23. The van der Waals surface area contributed by atoms with Gasteiger partial charge < -0.3 is 14.7 Å². The van der Waals surface area contributed by atoms with Gasteiger partial charge in [-0.15, -0.1) is 0 Å². The predicted molar refractivity (Wildman–Crippen MR) is 72.3 cm³/mol. The number of aliphatic hydroxyl groups excluding tert-OH is 1. The molecule has 0 radical (unpaired) electrons. The van der Waals surface area contributed by atoms with Crippen LogP contribution in [0.4, 0.5) is 5.69 Å². The van der Waals surface area contributed by atoms with Crippen LogP contribution in [0.2, 0.25) is 0 Å². The molecule has 0 spiro atoms. The molecule has 1 atom stereocenters.